The number of hydrogen-bond acceptors (Lipinski definition) is 6. The van der Waals surface area contributed by atoms with Gasteiger partial charge in [0.1, 0.15) is 5.82 Å². The van der Waals surface area contributed by atoms with Crippen molar-refractivity contribution in [3.05, 3.63) is 47.8 Å². The van der Waals surface area contributed by atoms with Gasteiger partial charge in [-0.2, -0.15) is 0 Å². The van der Waals surface area contributed by atoms with E-state index in [4.69, 9.17) is 14.2 Å². The predicted octanol–water partition coefficient (Wildman–Crippen LogP) is 3.09. The second-order valence-corrected chi connectivity index (χ2v) is 6.07. The van der Waals surface area contributed by atoms with Gasteiger partial charge in [0.05, 0.1) is 18.7 Å². The number of carbonyl (C=O) groups is 3. The van der Waals surface area contributed by atoms with Gasteiger partial charge in [-0.25, -0.2) is 4.39 Å². The van der Waals surface area contributed by atoms with Crippen molar-refractivity contribution in [3.8, 4) is 11.5 Å². The highest BCUT2D eigenvalue weighted by atomic mass is 19.1. The Morgan fingerprint density at radius 2 is 1.83 bits per heavy atom. The Bertz CT molecular complexity index is 947. The third-order valence-electron chi connectivity index (χ3n) is 3.99. The number of ether oxygens (including phenoxy) is 3. The Kier molecular flexibility index (Phi) is 6.28. The van der Waals surface area contributed by atoms with Crippen molar-refractivity contribution in [2.24, 2.45) is 0 Å². The summed E-state index contributed by atoms with van der Waals surface area (Å²) in [5.74, 6) is -1.14. The van der Waals surface area contributed by atoms with E-state index in [1.807, 2.05) is 0 Å². The van der Waals surface area contributed by atoms with E-state index in [-0.39, 0.29) is 37.6 Å². The van der Waals surface area contributed by atoms with Crippen LogP contribution in [0, 0.1) is 5.82 Å². The smallest absolute Gasteiger partial charge is 0.306 e. The molecular weight excluding hydrogens is 383 g/mol. The van der Waals surface area contributed by atoms with Crippen LogP contribution in [0.1, 0.15) is 30.1 Å². The largest absolute Gasteiger partial charge is 0.466 e. The maximum atomic E-state index is 14.0. The average Bonchev–Trinajstić information content (AvgIpc) is 3.17. The molecule has 0 radical (unpaired) electrons. The molecule has 0 saturated heterocycles. The molecule has 8 nitrogen and oxygen atoms in total. The summed E-state index contributed by atoms with van der Waals surface area (Å²) in [7, 11) is 0. The van der Waals surface area contributed by atoms with Crippen molar-refractivity contribution < 1.29 is 33.0 Å². The van der Waals surface area contributed by atoms with Crippen molar-refractivity contribution in [1.82, 2.24) is 0 Å². The van der Waals surface area contributed by atoms with Crippen molar-refractivity contribution in [2.45, 2.75) is 19.8 Å². The summed E-state index contributed by atoms with van der Waals surface area (Å²) in [5, 5.41) is 5.02. The van der Waals surface area contributed by atoms with Gasteiger partial charge in [-0.05, 0) is 43.3 Å². The number of benzene rings is 2. The standard InChI is InChI=1S/C20H19FN2O6/c1-2-27-19(25)8-7-18(24)23-15-10-13(4-5-14(15)21)22-20(26)12-3-6-16-17(9-12)29-11-28-16/h3-6,9-10H,2,7-8,11H2,1H3,(H,22,26)(H,23,24). The average molecular weight is 402 g/mol. The molecule has 1 aliphatic rings. The first-order valence-corrected chi connectivity index (χ1v) is 8.92. The fourth-order valence-electron chi connectivity index (χ4n) is 2.60. The summed E-state index contributed by atoms with van der Waals surface area (Å²) in [6, 6.07) is 8.52. The molecule has 0 saturated carbocycles. The highest BCUT2D eigenvalue weighted by Crippen LogP contribution is 2.32. The van der Waals surface area contributed by atoms with E-state index in [1.165, 1.54) is 12.1 Å². The molecule has 2 aromatic carbocycles. The second-order valence-electron chi connectivity index (χ2n) is 6.07. The van der Waals surface area contributed by atoms with Crippen molar-refractivity contribution in [2.75, 3.05) is 24.0 Å². The minimum atomic E-state index is -0.671. The zero-order valence-corrected chi connectivity index (χ0v) is 15.6. The van der Waals surface area contributed by atoms with Crippen molar-refractivity contribution in [3.63, 3.8) is 0 Å². The van der Waals surface area contributed by atoms with E-state index in [2.05, 4.69) is 10.6 Å². The Morgan fingerprint density at radius 1 is 1.03 bits per heavy atom. The Morgan fingerprint density at radius 3 is 2.62 bits per heavy atom. The molecule has 0 unspecified atom stereocenters. The van der Waals surface area contributed by atoms with Crippen LogP contribution in [-0.2, 0) is 14.3 Å². The normalized spacial score (nSPS) is 11.7. The van der Waals surface area contributed by atoms with Crippen molar-refractivity contribution in [1.29, 1.82) is 0 Å². The summed E-state index contributed by atoms with van der Waals surface area (Å²) >= 11 is 0. The van der Waals surface area contributed by atoms with E-state index >= 15 is 0 Å². The molecule has 3 rings (SSSR count). The van der Waals surface area contributed by atoms with Crippen LogP contribution in [0.4, 0.5) is 15.8 Å². The lowest BCUT2D eigenvalue weighted by Gasteiger charge is -2.10. The summed E-state index contributed by atoms with van der Waals surface area (Å²) in [6.07, 6.45) is -0.256. The molecule has 0 fully saturated rings. The minimum absolute atomic E-state index is 0.0948. The lowest BCUT2D eigenvalue weighted by molar-refractivity contribution is -0.144. The van der Waals surface area contributed by atoms with Gasteiger partial charge in [0, 0.05) is 17.7 Å². The predicted molar refractivity (Wildman–Crippen MR) is 101 cm³/mol. The molecular formula is C20H19FN2O6. The number of rotatable bonds is 7. The van der Waals surface area contributed by atoms with Crippen molar-refractivity contribution >= 4 is 29.2 Å². The zero-order valence-electron chi connectivity index (χ0n) is 15.6. The monoisotopic (exact) mass is 402 g/mol. The number of amides is 2. The Hall–Kier alpha value is -3.62. The lowest BCUT2D eigenvalue weighted by Crippen LogP contribution is -2.16. The van der Waals surface area contributed by atoms with Crippen LogP contribution in [0.15, 0.2) is 36.4 Å². The minimum Gasteiger partial charge on any atom is -0.466 e. The van der Waals surface area contributed by atoms with Gasteiger partial charge >= 0.3 is 5.97 Å². The summed E-state index contributed by atoms with van der Waals surface area (Å²) in [5.41, 5.74) is 0.510. The lowest BCUT2D eigenvalue weighted by atomic mass is 10.1. The number of esters is 1. The molecule has 0 atom stereocenters. The topological polar surface area (TPSA) is 103 Å². The Balaban J connectivity index is 1.63. The molecule has 2 N–H and O–H groups in total. The molecule has 1 heterocycles. The van der Waals surface area contributed by atoms with Gasteiger partial charge in [-0.3, -0.25) is 14.4 Å². The summed E-state index contributed by atoms with van der Waals surface area (Å²) < 4.78 is 29.2. The van der Waals surface area contributed by atoms with E-state index in [0.29, 0.717) is 17.1 Å². The Labute approximate surface area is 165 Å². The first-order valence-electron chi connectivity index (χ1n) is 8.92. The first-order chi connectivity index (χ1) is 14.0. The van der Waals surface area contributed by atoms with Crippen LogP contribution in [0.2, 0.25) is 0 Å². The van der Waals surface area contributed by atoms with Gasteiger partial charge in [-0.1, -0.05) is 0 Å². The van der Waals surface area contributed by atoms with Gasteiger partial charge in [0.2, 0.25) is 12.7 Å². The molecule has 29 heavy (non-hydrogen) atoms. The van der Waals surface area contributed by atoms with Crippen LogP contribution in [0.3, 0.4) is 0 Å². The number of hydrogen-bond donors (Lipinski definition) is 2. The third-order valence-corrected chi connectivity index (χ3v) is 3.99. The van der Waals surface area contributed by atoms with Gasteiger partial charge in [0.25, 0.3) is 5.91 Å². The van der Waals surface area contributed by atoms with E-state index < -0.39 is 23.6 Å². The second kappa shape index (κ2) is 9.05. The molecule has 0 aromatic heterocycles. The molecule has 2 amide bonds. The van der Waals surface area contributed by atoms with Crippen LogP contribution >= 0.6 is 0 Å². The first kappa shape index (κ1) is 20.1. The maximum absolute atomic E-state index is 14.0. The fraction of sp³-hybridized carbons (Fsp3) is 0.250. The van der Waals surface area contributed by atoms with E-state index in [0.717, 1.165) is 6.07 Å². The molecule has 0 aliphatic carbocycles. The molecule has 1 aliphatic heterocycles. The number of nitrogens with one attached hydrogen (secondary N) is 2. The quantitative estimate of drug-likeness (QED) is 0.690. The highest BCUT2D eigenvalue weighted by Gasteiger charge is 2.17. The molecule has 9 heteroatoms. The number of anilines is 2. The van der Waals surface area contributed by atoms with Gasteiger partial charge in [0.15, 0.2) is 11.5 Å². The zero-order chi connectivity index (χ0) is 20.8. The van der Waals surface area contributed by atoms with E-state index in [1.54, 1.807) is 25.1 Å². The number of carbonyl (C=O) groups excluding carboxylic acids is 3. The molecule has 0 bridgehead atoms. The van der Waals surface area contributed by atoms with Crippen LogP contribution in [-0.4, -0.2) is 31.2 Å². The highest BCUT2D eigenvalue weighted by molar-refractivity contribution is 6.05. The molecule has 0 spiro atoms. The van der Waals surface area contributed by atoms with Crippen LogP contribution < -0.4 is 20.1 Å². The summed E-state index contributed by atoms with van der Waals surface area (Å²) in [4.78, 5) is 35.7. The molecule has 2 aromatic rings. The SMILES string of the molecule is CCOC(=O)CCC(=O)Nc1cc(NC(=O)c2ccc3c(c2)OCO3)ccc1F. The molecule has 152 valence electrons. The number of fused-ring (bicyclic) bond motifs is 1. The van der Waals surface area contributed by atoms with Gasteiger partial charge in [-0.15, -0.1) is 0 Å². The number of halogens is 1. The van der Waals surface area contributed by atoms with Crippen LogP contribution in [0.5, 0.6) is 11.5 Å². The fourth-order valence-corrected chi connectivity index (χ4v) is 2.60. The van der Waals surface area contributed by atoms with E-state index in [9.17, 15) is 18.8 Å². The van der Waals surface area contributed by atoms with Crippen LogP contribution in [0.25, 0.3) is 0 Å². The third kappa shape index (κ3) is 5.22. The maximum Gasteiger partial charge on any atom is 0.306 e. The van der Waals surface area contributed by atoms with Gasteiger partial charge < -0.3 is 24.8 Å². The summed E-state index contributed by atoms with van der Waals surface area (Å²) in [6.45, 7) is 1.98.